The summed E-state index contributed by atoms with van der Waals surface area (Å²) in [6.07, 6.45) is 2.89. The number of carbonyl (C=O) groups excluding carboxylic acids is 1. The van der Waals surface area contributed by atoms with Crippen molar-refractivity contribution in [2.75, 3.05) is 38.2 Å². The number of pyridine rings is 1. The topological polar surface area (TPSA) is 50.1 Å². The van der Waals surface area contributed by atoms with Gasteiger partial charge in [-0.1, -0.05) is 12.1 Å². The SMILES string of the molecule is COc1ccccc1N1CCN(C(=O)c2cn3cc(F)ccc3n2)CC1. The smallest absolute Gasteiger partial charge is 0.274 e. The Labute approximate surface area is 150 Å². The van der Waals surface area contributed by atoms with Crippen LogP contribution in [0.2, 0.25) is 0 Å². The van der Waals surface area contributed by atoms with Gasteiger partial charge in [-0.05, 0) is 24.3 Å². The van der Waals surface area contributed by atoms with Crippen LogP contribution in [-0.2, 0) is 0 Å². The number of nitrogens with zero attached hydrogens (tertiary/aromatic N) is 4. The van der Waals surface area contributed by atoms with Crippen molar-refractivity contribution in [1.82, 2.24) is 14.3 Å². The zero-order chi connectivity index (χ0) is 18.1. The molecule has 0 unspecified atom stereocenters. The third kappa shape index (κ3) is 2.96. The predicted molar refractivity (Wildman–Crippen MR) is 96.3 cm³/mol. The highest BCUT2D eigenvalue weighted by molar-refractivity contribution is 5.93. The molecule has 1 aromatic carbocycles. The lowest BCUT2D eigenvalue weighted by Gasteiger charge is -2.36. The van der Waals surface area contributed by atoms with Gasteiger partial charge in [-0.15, -0.1) is 0 Å². The summed E-state index contributed by atoms with van der Waals surface area (Å²) in [4.78, 5) is 21.0. The van der Waals surface area contributed by atoms with Gasteiger partial charge < -0.3 is 18.9 Å². The molecule has 0 radical (unpaired) electrons. The number of hydrogen-bond donors (Lipinski definition) is 0. The van der Waals surface area contributed by atoms with Gasteiger partial charge in [0.25, 0.3) is 5.91 Å². The fourth-order valence-corrected chi connectivity index (χ4v) is 3.27. The number of benzene rings is 1. The Hall–Kier alpha value is -3.09. The first kappa shape index (κ1) is 16.4. The number of rotatable bonds is 3. The first-order chi connectivity index (χ1) is 12.7. The van der Waals surface area contributed by atoms with Crippen molar-refractivity contribution < 1.29 is 13.9 Å². The van der Waals surface area contributed by atoms with E-state index in [2.05, 4.69) is 9.88 Å². The first-order valence-electron chi connectivity index (χ1n) is 8.47. The summed E-state index contributed by atoms with van der Waals surface area (Å²) < 4.78 is 20.3. The molecule has 0 aliphatic carbocycles. The molecule has 7 heteroatoms. The van der Waals surface area contributed by atoms with Crippen molar-refractivity contribution in [3.05, 3.63) is 60.3 Å². The van der Waals surface area contributed by atoms with Crippen LogP contribution in [0.4, 0.5) is 10.1 Å². The van der Waals surface area contributed by atoms with Crippen LogP contribution in [0.15, 0.2) is 48.8 Å². The Morgan fingerprint density at radius 2 is 1.85 bits per heavy atom. The number of halogens is 1. The number of anilines is 1. The van der Waals surface area contributed by atoms with Crippen molar-refractivity contribution >= 4 is 17.2 Å². The molecule has 1 saturated heterocycles. The molecule has 1 fully saturated rings. The maximum absolute atomic E-state index is 13.3. The lowest BCUT2D eigenvalue weighted by atomic mass is 10.2. The molecule has 26 heavy (non-hydrogen) atoms. The molecular formula is C19H19FN4O2. The zero-order valence-electron chi connectivity index (χ0n) is 14.4. The first-order valence-corrected chi connectivity index (χ1v) is 8.47. The van der Waals surface area contributed by atoms with Gasteiger partial charge in [0.2, 0.25) is 0 Å². The van der Waals surface area contributed by atoms with Gasteiger partial charge in [0.05, 0.1) is 12.8 Å². The van der Waals surface area contributed by atoms with E-state index in [0.29, 0.717) is 37.5 Å². The number of para-hydroxylation sites is 2. The molecule has 1 amide bonds. The van der Waals surface area contributed by atoms with E-state index < -0.39 is 0 Å². The Balaban J connectivity index is 1.47. The summed E-state index contributed by atoms with van der Waals surface area (Å²) in [6, 6.07) is 10.8. The number of aromatic nitrogens is 2. The summed E-state index contributed by atoms with van der Waals surface area (Å²) >= 11 is 0. The van der Waals surface area contributed by atoms with Crippen molar-refractivity contribution in [2.45, 2.75) is 0 Å². The van der Waals surface area contributed by atoms with Gasteiger partial charge >= 0.3 is 0 Å². The van der Waals surface area contributed by atoms with Gasteiger partial charge in [-0.3, -0.25) is 4.79 Å². The highest BCUT2D eigenvalue weighted by atomic mass is 19.1. The summed E-state index contributed by atoms with van der Waals surface area (Å²) in [7, 11) is 1.66. The summed E-state index contributed by atoms with van der Waals surface area (Å²) in [5.41, 5.74) is 1.93. The standard InChI is InChI=1S/C19H19FN4O2/c1-26-17-5-3-2-4-16(17)22-8-10-23(11-9-22)19(25)15-13-24-12-14(20)6-7-18(24)21-15/h2-7,12-13H,8-11H2,1H3. The molecule has 0 saturated carbocycles. The van der Waals surface area contributed by atoms with E-state index in [-0.39, 0.29) is 11.7 Å². The molecule has 6 nitrogen and oxygen atoms in total. The van der Waals surface area contributed by atoms with E-state index in [1.54, 1.807) is 24.3 Å². The Bertz CT molecular complexity index is 948. The minimum Gasteiger partial charge on any atom is -0.495 e. The van der Waals surface area contributed by atoms with Crippen LogP contribution in [0.25, 0.3) is 5.65 Å². The highest BCUT2D eigenvalue weighted by Crippen LogP contribution is 2.28. The minimum absolute atomic E-state index is 0.131. The third-order valence-electron chi connectivity index (χ3n) is 4.63. The third-order valence-corrected chi connectivity index (χ3v) is 4.63. The second-order valence-corrected chi connectivity index (χ2v) is 6.19. The Kier molecular flexibility index (Phi) is 4.20. The maximum Gasteiger partial charge on any atom is 0.274 e. The van der Waals surface area contributed by atoms with Crippen LogP contribution >= 0.6 is 0 Å². The molecule has 0 spiro atoms. The Morgan fingerprint density at radius 3 is 2.62 bits per heavy atom. The number of carbonyl (C=O) groups is 1. The number of fused-ring (bicyclic) bond motifs is 1. The summed E-state index contributed by atoms with van der Waals surface area (Å²) in [6.45, 7) is 2.63. The summed E-state index contributed by atoms with van der Waals surface area (Å²) in [5, 5.41) is 0. The lowest BCUT2D eigenvalue weighted by Crippen LogP contribution is -2.49. The van der Waals surface area contributed by atoms with Crippen LogP contribution in [-0.4, -0.2) is 53.5 Å². The van der Waals surface area contributed by atoms with Gasteiger partial charge in [-0.2, -0.15) is 0 Å². The number of hydrogen-bond acceptors (Lipinski definition) is 4. The van der Waals surface area contributed by atoms with Crippen LogP contribution in [0.1, 0.15) is 10.5 Å². The van der Waals surface area contributed by atoms with Gasteiger partial charge in [0.15, 0.2) is 0 Å². The number of methoxy groups -OCH3 is 1. The molecule has 3 aromatic rings. The van der Waals surface area contributed by atoms with Crippen molar-refractivity contribution in [2.24, 2.45) is 0 Å². The fraction of sp³-hybridized carbons (Fsp3) is 0.263. The van der Waals surface area contributed by atoms with E-state index in [1.807, 2.05) is 24.3 Å². The molecule has 0 N–H and O–H groups in total. The van der Waals surface area contributed by atoms with E-state index >= 15 is 0 Å². The highest BCUT2D eigenvalue weighted by Gasteiger charge is 2.25. The van der Waals surface area contributed by atoms with Gasteiger partial charge in [0.1, 0.15) is 22.9 Å². The quantitative estimate of drug-likeness (QED) is 0.725. The van der Waals surface area contributed by atoms with Crippen LogP contribution in [0.3, 0.4) is 0 Å². The van der Waals surface area contributed by atoms with E-state index in [4.69, 9.17) is 4.74 Å². The number of ether oxygens (including phenoxy) is 1. The molecule has 4 rings (SSSR count). The Morgan fingerprint density at radius 1 is 1.08 bits per heavy atom. The molecule has 3 heterocycles. The molecule has 0 bridgehead atoms. The van der Waals surface area contributed by atoms with Crippen LogP contribution < -0.4 is 9.64 Å². The van der Waals surface area contributed by atoms with Crippen LogP contribution in [0.5, 0.6) is 5.75 Å². The second kappa shape index (κ2) is 6.67. The zero-order valence-corrected chi connectivity index (χ0v) is 14.4. The van der Waals surface area contributed by atoms with Gasteiger partial charge in [-0.25, -0.2) is 9.37 Å². The van der Waals surface area contributed by atoms with E-state index in [0.717, 1.165) is 11.4 Å². The summed E-state index contributed by atoms with van der Waals surface area (Å²) in [5.74, 6) is 0.336. The molecule has 0 atom stereocenters. The van der Waals surface area contributed by atoms with Crippen molar-refractivity contribution in [3.8, 4) is 5.75 Å². The molecular weight excluding hydrogens is 335 g/mol. The second-order valence-electron chi connectivity index (χ2n) is 6.19. The average Bonchev–Trinajstić information content (AvgIpc) is 3.10. The molecule has 2 aromatic heterocycles. The van der Waals surface area contributed by atoms with E-state index in [1.165, 1.54) is 16.7 Å². The van der Waals surface area contributed by atoms with Crippen LogP contribution in [0, 0.1) is 5.82 Å². The van der Waals surface area contributed by atoms with E-state index in [9.17, 15) is 9.18 Å². The monoisotopic (exact) mass is 354 g/mol. The molecule has 134 valence electrons. The number of amides is 1. The largest absolute Gasteiger partial charge is 0.495 e. The molecule has 1 aliphatic heterocycles. The minimum atomic E-state index is -0.362. The number of imidazole rings is 1. The van der Waals surface area contributed by atoms with Crippen molar-refractivity contribution in [1.29, 1.82) is 0 Å². The molecule has 1 aliphatic rings. The number of piperazine rings is 1. The fourth-order valence-electron chi connectivity index (χ4n) is 3.27. The average molecular weight is 354 g/mol. The predicted octanol–water partition coefficient (Wildman–Crippen LogP) is 2.44. The van der Waals surface area contributed by atoms with Gasteiger partial charge in [0, 0.05) is 38.6 Å². The lowest BCUT2D eigenvalue weighted by molar-refractivity contribution is 0.0741. The maximum atomic E-state index is 13.3. The normalized spacial score (nSPS) is 14.7. The van der Waals surface area contributed by atoms with Crippen molar-refractivity contribution in [3.63, 3.8) is 0 Å².